The van der Waals surface area contributed by atoms with E-state index >= 15 is 4.39 Å². The first kappa shape index (κ1) is 22.8. The molecule has 36 heavy (non-hydrogen) atoms. The molecular weight excluding hydrogens is 475 g/mol. The van der Waals surface area contributed by atoms with E-state index in [-0.39, 0.29) is 30.6 Å². The lowest BCUT2D eigenvalue weighted by molar-refractivity contribution is -0.124. The van der Waals surface area contributed by atoms with Crippen LogP contribution in [0.3, 0.4) is 0 Å². The van der Waals surface area contributed by atoms with Gasteiger partial charge in [0.1, 0.15) is 23.3 Å². The molecule has 8 nitrogen and oxygen atoms in total. The minimum Gasteiger partial charge on any atom is -0.442 e. The molecule has 0 radical (unpaired) electrons. The highest BCUT2D eigenvalue weighted by Gasteiger charge is 2.69. The first-order chi connectivity index (χ1) is 17.2. The Morgan fingerprint density at radius 2 is 2.03 bits per heavy atom. The molecule has 0 bridgehead atoms. The van der Waals surface area contributed by atoms with Gasteiger partial charge in [-0.1, -0.05) is 6.07 Å². The number of amides is 2. The molecule has 4 fully saturated rings. The van der Waals surface area contributed by atoms with E-state index in [2.05, 4.69) is 21.7 Å². The van der Waals surface area contributed by atoms with Gasteiger partial charge in [0.05, 0.1) is 30.5 Å². The standard InChI is InChI=1S/C25H22F3N5O3/c26-20-5-14(33-11-15(36-23(33)35)8-32-22(34)17-6-25(17,27)28)2-3-16(20)13-1-4-21(31-7-13)24(12-29)18-9-30-10-19(18)24/h1-5,7,15,17-19,30H,6,8-11H2,(H,32,34)/t15-,17?,18?,19?,24?/m0/s1. The van der Waals surface area contributed by atoms with E-state index in [1.807, 2.05) is 0 Å². The second-order valence-electron chi connectivity index (χ2n) is 9.83. The van der Waals surface area contributed by atoms with Gasteiger partial charge in [0.15, 0.2) is 0 Å². The van der Waals surface area contributed by atoms with Gasteiger partial charge in [0.2, 0.25) is 5.91 Å². The molecule has 3 heterocycles. The Bertz CT molecular complexity index is 1280. The molecule has 2 aliphatic heterocycles. The van der Waals surface area contributed by atoms with E-state index in [0.29, 0.717) is 16.8 Å². The monoisotopic (exact) mass is 497 g/mol. The summed E-state index contributed by atoms with van der Waals surface area (Å²) < 4.78 is 46.3. The quantitative estimate of drug-likeness (QED) is 0.636. The third-order valence-corrected chi connectivity index (χ3v) is 7.74. The number of rotatable bonds is 6. The van der Waals surface area contributed by atoms with Gasteiger partial charge in [-0.25, -0.2) is 18.0 Å². The molecule has 186 valence electrons. The van der Waals surface area contributed by atoms with Crippen LogP contribution in [0.5, 0.6) is 0 Å². The number of nitrogens with one attached hydrogen (secondary N) is 2. The number of hydrogen-bond donors (Lipinski definition) is 2. The van der Waals surface area contributed by atoms with Gasteiger partial charge in [0.25, 0.3) is 5.92 Å². The SMILES string of the molecule is N#CC1(c2ccc(-c3ccc(N4C[C@H](CNC(=O)C5CC5(F)F)OC4=O)cc3F)cn2)C2CNCC21. The number of piperidine rings is 1. The van der Waals surface area contributed by atoms with Crippen molar-refractivity contribution in [3.05, 3.63) is 48.0 Å². The van der Waals surface area contributed by atoms with E-state index in [1.165, 1.54) is 17.0 Å². The Morgan fingerprint density at radius 1 is 1.28 bits per heavy atom. The minimum absolute atomic E-state index is 0.0443. The summed E-state index contributed by atoms with van der Waals surface area (Å²) in [5.41, 5.74) is 1.24. The maximum atomic E-state index is 15.0. The Hall–Kier alpha value is -3.65. The number of anilines is 1. The van der Waals surface area contributed by atoms with Crippen LogP contribution < -0.4 is 15.5 Å². The molecule has 4 atom stereocenters. The maximum absolute atomic E-state index is 15.0. The smallest absolute Gasteiger partial charge is 0.414 e. The third kappa shape index (κ3) is 3.51. The van der Waals surface area contributed by atoms with Gasteiger partial charge in [-0.2, -0.15) is 5.26 Å². The summed E-state index contributed by atoms with van der Waals surface area (Å²) in [6.07, 6.45) is -0.370. The molecule has 11 heteroatoms. The Morgan fingerprint density at radius 3 is 2.64 bits per heavy atom. The minimum atomic E-state index is -2.97. The number of fused-ring (bicyclic) bond motifs is 1. The summed E-state index contributed by atoms with van der Waals surface area (Å²) >= 11 is 0. The Kier molecular flexibility index (Phi) is 5.02. The fraction of sp³-hybridized carbons (Fsp3) is 0.440. The number of nitrogens with zero attached hydrogens (tertiary/aromatic N) is 3. The highest BCUT2D eigenvalue weighted by molar-refractivity contribution is 5.90. The number of hydrogen-bond acceptors (Lipinski definition) is 6. The van der Waals surface area contributed by atoms with Gasteiger partial charge in [-0.15, -0.1) is 0 Å². The summed E-state index contributed by atoms with van der Waals surface area (Å²) in [6, 6.07) is 10.3. The number of halogens is 3. The van der Waals surface area contributed by atoms with Crippen LogP contribution in [0, 0.1) is 34.9 Å². The van der Waals surface area contributed by atoms with E-state index < -0.39 is 47.6 Å². The number of benzene rings is 1. The van der Waals surface area contributed by atoms with Crippen LogP contribution >= 0.6 is 0 Å². The van der Waals surface area contributed by atoms with Gasteiger partial charge in [-0.05, 0) is 24.3 Å². The summed E-state index contributed by atoms with van der Waals surface area (Å²) in [5.74, 6) is -5.13. The predicted molar refractivity (Wildman–Crippen MR) is 120 cm³/mol. The van der Waals surface area contributed by atoms with Crippen LogP contribution in [-0.2, 0) is 14.9 Å². The fourth-order valence-electron chi connectivity index (χ4n) is 5.52. The van der Waals surface area contributed by atoms with Crippen molar-refractivity contribution in [2.75, 3.05) is 31.1 Å². The van der Waals surface area contributed by atoms with Gasteiger partial charge in [-0.3, -0.25) is 14.7 Å². The summed E-state index contributed by atoms with van der Waals surface area (Å²) in [5, 5.41) is 15.4. The number of pyridine rings is 1. The van der Waals surface area contributed by atoms with Crippen molar-refractivity contribution in [1.82, 2.24) is 15.6 Å². The highest BCUT2D eigenvalue weighted by Crippen LogP contribution is 2.60. The van der Waals surface area contributed by atoms with Crippen molar-refractivity contribution in [3.8, 4) is 17.2 Å². The zero-order valence-electron chi connectivity index (χ0n) is 19.0. The lowest BCUT2D eigenvalue weighted by Crippen LogP contribution is -2.36. The fourth-order valence-corrected chi connectivity index (χ4v) is 5.52. The summed E-state index contributed by atoms with van der Waals surface area (Å²) in [4.78, 5) is 29.8. The van der Waals surface area contributed by atoms with Crippen molar-refractivity contribution < 1.29 is 27.5 Å². The van der Waals surface area contributed by atoms with Crippen LogP contribution in [-0.4, -0.2) is 55.2 Å². The van der Waals surface area contributed by atoms with Crippen LogP contribution in [0.25, 0.3) is 11.1 Å². The highest BCUT2D eigenvalue weighted by atomic mass is 19.3. The molecule has 2 saturated carbocycles. The van der Waals surface area contributed by atoms with E-state index in [1.54, 1.807) is 24.4 Å². The lowest BCUT2D eigenvalue weighted by Gasteiger charge is -2.15. The largest absolute Gasteiger partial charge is 0.442 e. The number of ether oxygens (including phenoxy) is 1. The first-order valence-electron chi connectivity index (χ1n) is 11.8. The van der Waals surface area contributed by atoms with Crippen molar-refractivity contribution >= 4 is 17.7 Å². The molecule has 2 amide bonds. The van der Waals surface area contributed by atoms with Crippen molar-refractivity contribution in [3.63, 3.8) is 0 Å². The average Bonchev–Trinajstić information content (AvgIpc) is 3.48. The van der Waals surface area contributed by atoms with Crippen LogP contribution in [0.4, 0.5) is 23.7 Å². The molecule has 6 rings (SSSR count). The number of cyclic esters (lactones) is 1. The number of carbonyl (C=O) groups is 2. The average molecular weight is 497 g/mol. The molecule has 2 aliphatic carbocycles. The molecule has 2 saturated heterocycles. The van der Waals surface area contributed by atoms with E-state index in [9.17, 15) is 23.6 Å². The van der Waals surface area contributed by atoms with Gasteiger partial charge >= 0.3 is 6.09 Å². The molecule has 1 aromatic heterocycles. The lowest BCUT2D eigenvalue weighted by atomic mass is 9.96. The van der Waals surface area contributed by atoms with Crippen LogP contribution in [0.15, 0.2) is 36.5 Å². The van der Waals surface area contributed by atoms with Crippen molar-refractivity contribution in [2.24, 2.45) is 17.8 Å². The topological polar surface area (TPSA) is 107 Å². The van der Waals surface area contributed by atoms with E-state index in [0.717, 1.165) is 13.1 Å². The zero-order valence-corrected chi connectivity index (χ0v) is 19.0. The first-order valence-corrected chi connectivity index (χ1v) is 11.8. The van der Waals surface area contributed by atoms with Crippen LogP contribution in [0.1, 0.15) is 12.1 Å². The normalized spacial score (nSPS) is 31.4. The summed E-state index contributed by atoms with van der Waals surface area (Å²) in [7, 11) is 0. The number of alkyl halides is 2. The molecule has 4 aliphatic rings. The molecule has 1 aromatic carbocycles. The number of carbonyl (C=O) groups excluding carboxylic acids is 2. The Balaban J connectivity index is 1.12. The number of aromatic nitrogens is 1. The molecule has 0 spiro atoms. The van der Waals surface area contributed by atoms with Crippen molar-refractivity contribution in [2.45, 2.75) is 23.9 Å². The molecule has 2 aromatic rings. The second-order valence-corrected chi connectivity index (χ2v) is 9.83. The molecule has 3 unspecified atom stereocenters. The van der Waals surface area contributed by atoms with Crippen molar-refractivity contribution in [1.29, 1.82) is 5.26 Å². The molecule has 2 N–H and O–H groups in total. The Labute approximate surface area is 204 Å². The summed E-state index contributed by atoms with van der Waals surface area (Å²) in [6.45, 7) is 1.53. The number of nitriles is 1. The second kappa shape index (κ2) is 7.93. The predicted octanol–water partition coefficient (Wildman–Crippen LogP) is 2.59. The third-order valence-electron chi connectivity index (χ3n) is 7.74. The van der Waals surface area contributed by atoms with E-state index in [4.69, 9.17) is 4.74 Å². The zero-order chi connectivity index (χ0) is 25.2. The van der Waals surface area contributed by atoms with Gasteiger partial charge in [0, 0.05) is 48.7 Å². The van der Waals surface area contributed by atoms with Crippen LogP contribution in [0.2, 0.25) is 0 Å². The molecular formula is C25H22F3N5O3. The maximum Gasteiger partial charge on any atom is 0.414 e. The van der Waals surface area contributed by atoms with Gasteiger partial charge < -0.3 is 15.4 Å².